The number of nitrogens with zero attached hydrogens (tertiary/aromatic N) is 3. The molecule has 2 N–H and O–H groups in total. The number of piperazine rings is 1. The van der Waals surface area contributed by atoms with Gasteiger partial charge in [0.2, 0.25) is 0 Å². The van der Waals surface area contributed by atoms with Gasteiger partial charge >= 0.3 is 0 Å². The summed E-state index contributed by atoms with van der Waals surface area (Å²) in [6.45, 7) is 11.1. The Bertz CT molecular complexity index is 442. The lowest BCUT2D eigenvalue weighted by atomic mass is 10.1. The highest BCUT2D eigenvalue weighted by molar-refractivity contribution is 5.41. The van der Waals surface area contributed by atoms with Crippen molar-refractivity contribution in [2.45, 2.75) is 20.4 Å². The van der Waals surface area contributed by atoms with Crippen LogP contribution in [-0.2, 0) is 6.54 Å². The fraction of sp³-hybridized carbons (Fsp3) is 0.667. The lowest BCUT2D eigenvalue weighted by Crippen LogP contribution is -2.47. The fourth-order valence-corrected chi connectivity index (χ4v) is 2.80. The number of nitrogens with two attached hydrogens (primary N) is 1. The lowest BCUT2D eigenvalue weighted by Gasteiger charge is -2.34. The van der Waals surface area contributed by atoms with Crippen molar-refractivity contribution < 1.29 is 4.74 Å². The van der Waals surface area contributed by atoms with E-state index in [1.165, 1.54) is 0 Å². The first kappa shape index (κ1) is 15.2. The van der Waals surface area contributed by atoms with Crippen molar-refractivity contribution in [2.24, 2.45) is 5.73 Å². The van der Waals surface area contributed by atoms with Crippen LogP contribution in [0, 0.1) is 13.8 Å². The number of hydrogen-bond donors (Lipinski definition) is 1. The molecule has 0 spiro atoms. The molecule has 2 heterocycles. The normalized spacial score (nSPS) is 17.4. The van der Waals surface area contributed by atoms with Crippen molar-refractivity contribution in [2.75, 3.05) is 46.4 Å². The van der Waals surface area contributed by atoms with Gasteiger partial charge in [-0.15, -0.1) is 0 Å². The number of methoxy groups -OCH3 is 1. The van der Waals surface area contributed by atoms with E-state index in [9.17, 15) is 0 Å². The van der Waals surface area contributed by atoms with Crippen LogP contribution in [0.2, 0.25) is 0 Å². The summed E-state index contributed by atoms with van der Waals surface area (Å²) in [4.78, 5) is 9.46. The van der Waals surface area contributed by atoms with Gasteiger partial charge in [0, 0.05) is 63.1 Å². The molecule has 1 aliphatic heterocycles. The van der Waals surface area contributed by atoms with Gasteiger partial charge in [-0.1, -0.05) is 0 Å². The molecule has 1 fully saturated rings. The number of aromatic nitrogens is 1. The predicted octanol–water partition coefficient (Wildman–Crippen LogP) is 0.783. The van der Waals surface area contributed by atoms with Crippen molar-refractivity contribution in [3.63, 3.8) is 0 Å². The van der Waals surface area contributed by atoms with Gasteiger partial charge in [0.25, 0.3) is 0 Å². The second-order valence-electron chi connectivity index (χ2n) is 5.45. The smallest absolute Gasteiger partial charge is 0.128 e. The van der Waals surface area contributed by atoms with Crippen LogP contribution in [-0.4, -0.2) is 61.2 Å². The number of pyridine rings is 1. The van der Waals surface area contributed by atoms with Gasteiger partial charge in [-0.25, -0.2) is 0 Å². The summed E-state index contributed by atoms with van der Waals surface area (Å²) in [6, 6.07) is 0. The first-order valence-corrected chi connectivity index (χ1v) is 7.29. The minimum Gasteiger partial charge on any atom is -0.496 e. The summed E-state index contributed by atoms with van der Waals surface area (Å²) in [6.07, 6.45) is 1.91. The average Bonchev–Trinajstić information content (AvgIpc) is 2.45. The predicted molar refractivity (Wildman–Crippen MR) is 81.0 cm³/mol. The maximum atomic E-state index is 5.60. The summed E-state index contributed by atoms with van der Waals surface area (Å²) in [5.74, 6) is 0.969. The highest BCUT2D eigenvalue weighted by Gasteiger charge is 2.18. The first-order chi connectivity index (χ1) is 9.65. The van der Waals surface area contributed by atoms with Gasteiger partial charge in [0.1, 0.15) is 5.75 Å². The topological polar surface area (TPSA) is 54.6 Å². The van der Waals surface area contributed by atoms with Gasteiger partial charge in [-0.3, -0.25) is 14.8 Å². The van der Waals surface area contributed by atoms with Crippen LogP contribution in [0.5, 0.6) is 5.75 Å². The Kier molecular flexibility index (Phi) is 5.34. The molecule has 112 valence electrons. The Labute approximate surface area is 121 Å². The Balaban J connectivity index is 1.98. The van der Waals surface area contributed by atoms with Crippen molar-refractivity contribution in [1.29, 1.82) is 0 Å². The zero-order chi connectivity index (χ0) is 14.5. The number of ether oxygens (including phenoxy) is 1. The van der Waals surface area contributed by atoms with Crippen molar-refractivity contribution in [1.82, 2.24) is 14.8 Å². The Morgan fingerprint density at radius 3 is 2.45 bits per heavy atom. The molecule has 0 aliphatic carbocycles. The number of aryl methyl sites for hydroxylation is 1. The first-order valence-electron chi connectivity index (χ1n) is 7.29. The van der Waals surface area contributed by atoms with Crippen LogP contribution < -0.4 is 10.5 Å². The van der Waals surface area contributed by atoms with Crippen LogP contribution in [0.25, 0.3) is 0 Å². The molecule has 1 aromatic heterocycles. The average molecular weight is 278 g/mol. The van der Waals surface area contributed by atoms with Gasteiger partial charge < -0.3 is 10.5 Å². The van der Waals surface area contributed by atoms with Crippen molar-refractivity contribution in [3.05, 3.63) is 23.0 Å². The van der Waals surface area contributed by atoms with Crippen molar-refractivity contribution >= 4 is 0 Å². The van der Waals surface area contributed by atoms with Crippen LogP contribution in [0.4, 0.5) is 0 Å². The van der Waals surface area contributed by atoms with Crippen LogP contribution >= 0.6 is 0 Å². The molecule has 5 heteroatoms. The second-order valence-corrected chi connectivity index (χ2v) is 5.45. The Hall–Kier alpha value is -1.17. The van der Waals surface area contributed by atoms with Crippen LogP contribution in [0.15, 0.2) is 6.20 Å². The van der Waals surface area contributed by atoms with Gasteiger partial charge in [0.15, 0.2) is 0 Å². The number of hydrogen-bond acceptors (Lipinski definition) is 5. The third-order valence-electron chi connectivity index (χ3n) is 4.03. The molecule has 0 bridgehead atoms. The zero-order valence-corrected chi connectivity index (χ0v) is 12.9. The molecule has 0 atom stereocenters. The van der Waals surface area contributed by atoms with Crippen LogP contribution in [0.3, 0.4) is 0 Å². The number of rotatable bonds is 5. The minimum atomic E-state index is 0.746. The molecule has 1 aliphatic rings. The highest BCUT2D eigenvalue weighted by Crippen LogP contribution is 2.24. The van der Waals surface area contributed by atoms with E-state index in [0.29, 0.717) is 0 Å². The van der Waals surface area contributed by atoms with Crippen LogP contribution in [0.1, 0.15) is 16.8 Å². The molecule has 1 saturated heterocycles. The molecule has 0 saturated carbocycles. The molecule has 2 rings (SSSR count). The zero-order valence-electron chi connectivity index (χ0n) is 12.9. The summed E-state index contributed by atoms with van der Waals surface area (Å²) in [7, 11) is 1.73. The van der Waals surface area contributed by atoms with E-state index in [2.05, 4.69) is 21.7 Å². The molecular formula is C15H26N4O. The van der Waals surface area contributed by atoms with E-state index in [-0.39, 0.29) is 0 Å². The van der Waals surface area contributed by atoms with E-state index in [4.69, 9.17) is 10.5 Å². The third kappa shape index (κ3) is 3.48. The Morgan fingerprint density at radius 1 is 1.20 bits per heavy atom. The van der Waals surface area contributed by atoms with E-state index < -0.39 is 0 Å². The fourth-order valence-electron chi connectivity index (χ4n) is 2.80. The summed E-state index contributed by atoms with van der Waals surface area (Å²) < 4.78 is 5.47. The second kappa shape index (κ2) is 7.02. The van der Waals surface area contributed by atoms with E-state index in [0.717, 1.165) is 68.4 Å². The Morgan fingerprint density at radius 2 is 1.85 bits per heavy atom. The third-order valence-corrected chi connectivity index (χ3v) is 4.03. The standard InChI is InChI=1S/C15H26N4O/c1-12-10-17-14(13(2)15(12)20-3)11-19-8-6-18(5-4-16)7-9-19/h10H,4-9,11,16H2,1-3H3. The van der Waals surface area contributed by atoms with Gasteiger partial charge in [0.05, 0.1) is 12.8 Å². The molecule has 5 nitrogen and oxygen atoms in total. The molecule has 20 heavy (non-hydrogen) atoms. The quantitative estimate of drug-likeness (QED) is 0.863. The highest BCUT2D eigenvalue weighted by atomic mass is 16.5. The summed E-state index contributed by atoms with van der Waals surface area (Å²) in [5.41, 5.74) is 8.99. The maximum Gasteiger partial charge on any atom is 0.128 e. The molecular weight excluding hydrogens is 252 g/mol. The lowest BCUT2D eigenvalue weighted by molar-refractivity contribution is 0.128. The van der Waals surface area contributed by atoms with E-state index in [1.807, 2.05) is 13.1 Å². The maximum absolute atomic E-state index is 5.60. The molecule has 0 aromatic carbocycles. The molecule has 0 amide bonds. The summed E-state index contributed by atoms with van der Waals surface area (Å²) >= 11 is 0. The SMILES string of the molecule is COc1c(C)cnc(CN2CCN(CCN)CC2)c1C. The molecule has 0 radical (unpaired) electrons. The monoisotopic (exact) mass is 278 g/mol. The van der Waals surface area contributed by atoms with E-state index >= 15 is 0 Å². The van der Waals surface area contributed by atoms with E-state index in [1.54, 1.807) is 7.11 Å². The summed E-state index contributed by atoms with van der Waals surface area (Å²) in [5, 5.41) is 0. The molecule has 1 aromatic rings. The largest absolute Gasteiger partial charge is 0.496 e. The minimum absolute atomic E-state index is 0.746. The van der Waals surface area contributed by atoms with Gasteiger partial charge in [-0.2, -0.15) is 0 Å². The molecule has 0 unspecified atom stereocenters. The van der Waals surface area contributed by atoms with Gasteiger partial charge in [-0.05, 0) is 13.8 Å². The van der Waals surface area contributed by atoms with Crippen molar-refractivity contribution in [3.8, 4) is 5.75 Å².